The van der Waals surface area contributed by atoms with Crippen molar-refractivity contribution in [3.63, 3.8) is 0 Å². The fourth-order valence-corrected chi connectivity index (χ4v) is 5.14. The predicted molar refractivity (Wildman–Crippen MR) is 151 cm³/mol. The van der Waals surface area contributed by atoms with Gasteiger partial charge in [0, 0.05) is 94.7 Å². The van der Waals surface area contributed by atoms with E-state index in [1.165, 1.54) is 31.6 Å². The summed E-state index contributed by atoms with van der Waals surface area (Å²) < 4.78 is 58.0. The second kappa shape index (κ2) is 11.7. The number of nitrogens with one attached hydrogen (secondary N) is 2. The number of rotatable bonds is 5. The van der Waals surface area contributed by atoms with E-state index in [-0.39, 0.29) is 17.3 Å². The second-order valence-electron chi connectivity index (χ2n) is 10.6. The SMILES string of the molecule is CC1CN(c2cc(F)c(-c3cnc(N4CCNCC4)nc3)cc2NC(=O)c2cn(C)c(=O)cc2C(F)(F)F)CCN1C. The lowest BCUT2D eigenvalue weighted by atomic mass is 10.0. The lowest BCUT2D eigenvalue weighted by molar-refractivity contribution is -0.138. The maximum absolute atomic E-state index is 15.7. The summed E-state index contributed by atoms with van der Waals surface area (Å²) in [5.74, 6) is -1.16. The molecule has 2 fully saturated rings. The highest BCUT2D eigenvalue weighted by molar-refractivity contribution is 6.07. The van der Waals surface area contributed by atoms with Gasteiger partial charge in [0.25, 0.3) is 11.5 Å². The maximum atomic E-state index is 15.7. The van der Waals surface area contributed by atoms with Crippen LogP contribution in [0.5, 0.6) is 0 Å². The van der Waals surface area contributed by atoms with Crippen LogP contribution in [0.25, 0.3) is 11.1 Å². The van der Waals surface area contributed by atoms with Crippen molar-refractivity contribution in [2.24, 2.45) is 7.05 Å². The van der Waals surface area contributed by atoms with Crippen LogP contribution in [0.1, 0.15) is 22.8 Å². The van der Waals surface area contributed by atoms with E-state index in [1.54, 1.807) is 0 Å². The first-order valence-electron chi connectivity index (χ1n) is 13.6. The summed E-state index contributed by atoms with van der Waals surface area (Å²) in [6.45, 7) is 6.74. The molecular formula is C28H32F4N8O2. The normalized spacial score (nSPS) is 18.3. The number of benzene rings is 1. The molecule has 1 aromatic carbocycles. The van der Waals surface area contributed by atoms with Crippen molar-refractivity contribution in [1.29, 1.82) is 0 Å². The Kier molecular flexibility index (Phi) is 8.19. The van der Waals surface area contributed by atoms with Crippen LogP contribution in [0, 0.1) is 5.82 Å². The number of carbonyl (C=O) groups excluding carboxylic acids is 1. The van der Waals surface area contributed by atoms with Crippen molar-refractivity contribution in [3.8, 4) is 11.1 Å². The summed E-state index contributed by atoms with van der Waals surface area (Å²) in [4.78, 5) is 40.2. The summed E-state index contributed by atoms with van der Waals surface area (Å²) in [5, 5.41) is 5.83. The molecule has 224 valence electrons. The fourth-order valence-electron chi connectivity index (χ4n) is 5.14. The molecule has 10 nitrogen and oxygen atoms in total. The first-order valence-corrected chi connectivity index (χ1v) is 13.6. The van der Waals surface area contributed by atoms with Gasteiger partial charge in [-0.05, 0) is 26.1 Å². The fraction of sp³-hybridized carbons (Fsp3) is 0.429. The van der Waals surface area contributed by atoms with Crippen LogP contribution in [0.3, 0.4) is 0 Å². The number of aryl methyl sites for hydroxylation is 1. The van der Waals surface area contributed by atoms with E-state index < -0.39 is 34.6 Å². The number of anilines is 3. The predicted octanol–water partition coefficient (Wildman–Crippen LogP) is 2.80. The van der Waals surface area contributed by atoms with Crippen LogP contribution in [-0.4, -0.2) is 84.2 Å². The Labute approximate surface area is 240 Å². The Balaban J connectivity index is 1.55. The number of piperazine rings is 2. The third-order valence-electron chi connectivity index (χ3n) is 7.76. The summed E-state index contributed by atoms with van der Waals surface area (Å²) in [6.07, 6.45) is -1.11. The van der Waals surface area contributed by atoms with Crippen LogP contribution in [-0.2, 0) is 13.2 Å². The van der Waals surface area contributed by atoms with Crippen molar-refractivity contribution < 1.29 is 22.4 Å². The van der Waals surface area contributed by atoms with E-state index >= 15 is 4.39 Å². The Morgan fingerprint density at radius 3 is 2.36 bits per heavy atom. The van der Waals surface area contributed by atoms with Gasteiger partial charge in [0.15, 0.2) is 0 Å². The Hall–Kier alpha value is -4.04. The molecule has 1 unspecified atom stereocenters. The van der Waals surface area contributed by atoms with Crippen molar-refractivity contribution in [3.05, 3.63) is 64.1 Å². The lowest BCUT2D eigenvalue weighted by Gasteiger charge is -2.39. The molecule has 2 aromatic heterocycles. The summed E-state index contributed by atoms with van der Waals surface area (Å²) in [5.41, 5.74) is -2.09. The van der Waals surface area contributed by atoms with E-state index in [4.69, 9.17) is 0 Å². The van der Waals surface area contributed by atoms with Crippen LogP contribution >= 0.6 is 0 Å². The molecule has 1 amide bonds. The van der Waals surface area contributed by atoms with Gasteiger partial charge in [0.1, 0.15) is 5.82 Å². The largest absolute Gasteiger partial charge is 0.417 e. The van der Waals surface area contributed by atoms with Crippen LogP contribution in [0.4, 0.5) is 34.9 Å². The van der Waals surface area contributed by atoms with Crippen LogP contribution in [0.2, 0.25) is 0 Å². The van der Waals surface area contributed by atoms with Gasteiger partial charge < -0.3 is 29.9 Å². The summed E-state index contributed by atoms with van der Waals surface area (Å²) in [6, 6.07) is 3.17. The molecule has 1 atom stereocenters. The second-order valence-corrected chi connectivity index (χ2v) is 10.6. The number of nitrogens with zero attached hydrogens (tertiary/aromatic N) is 6. The minimum atomic E-state index is -4.94. The lowest BCUT2D eigenvalue weighted by Crippen LogP contribution is -2.50. The molecule has 3 aromatic rings. The topological polar surface area (TPSA) is 98.6 Å². The van der Waals surface area contributed by atoms with Crippen LogP contribution < -0.4 is 26.0 Å². The van der Waals surface area contributed by atoms with Crippen molar-refractivity contribution in [2.45, 2.75) is 19.1 Å². The Bertz CT molecular complexity index is 1520. The molecule has 2 N–H and O–H groups in total. The van der Waals surface area contributed by atoms with Gasteiger partial charge in [0.05, 0.1) is 22.5 Å². The zero-order valence-electron chi connectivity index (χ0n) is 23.5. The highest BCUT2D eigenvalue weighted by atomic mass is 19.4. The number of pyridine rings is 1. The average molecular weight is 589 g/mol. The molecule has 42 heavy (non-hydrogen) atoms. The highest BCUT2D eigenvalue weighted by Crippen LogP contribution is 2.37. The molecule has 0 radical (unpaired) electrons. The minimum absolute atomic E-state index is 0.0830. The van der Waals surface area contributed by atoms with Crippen LogP contribution in [0.15, 0.2) is 41.6 Å². The van der Waals surface area contributed by atoms with E-state index in [0.717, 1.165) is 36.9 Å². The van der Waals surface area contributed by atoms with E-state index in [1.807, 2.05) is 23.8 Å². The molecule has 4 heterocycles. The molecule has 0 bridgehead atoms. The standard InChI is InChI=1S/C28H32F4N8O2/c1-17-15-40(9-8-37(17)2)24-12-22(29)19(18-13-34-27(35-14-18)39-6-4-33-5-7-39)10-23(24)36-26(42)20-16-38(3)25(41)11-21(20)28(30,31)32/h10-14,16-17,33H,4-9,15H2,1-3H3,(H,36,42). The number of aromatic nitrogens is 3. The number of likely N-dealkylation sites (N-methyl/N-ethyl adjacent to an activating group) is 1. The molecule has 0 spiro atoms. The monoisotopic (exact) mass is 588 g/mol. The number of hydrogen-bond donors (Lipinski definition) is 2. The number of halogens is 4. The van der Waals surface area contributed by atoms with E-state index in [2.05, 4.69) is 25.5 Å². The Morgan fingerprint density at radius 2 is 1.71 bits per heavy atom. The van der Waals surface area contributed by atoms with Crippen molar-refractivity contribution in [1.82, 2.24) is 24.8 Å². The molecule has 0 saturated carbocycles. The third kappa shape index (κ3) is 6.09. The highest BCUT2D eigenvalue weighted by Gasteiger charge is 2.36. The minimum Gasteiger partial charge on any atom is -0.367 e. The van der Waals surface area contributed by atoms with Gasteiger partial charge in [-0.25, -0.2) is 14.4 Å². The van der Waals surface area contributed by atoms with Gasteiger partial charge in [0.2, 0.25) is 5.95 Å². The van der Waals surface area contributed by atoms with Crippen molar-refractivity contribution in [2.75, 3.05) is 68.0 Å². The van der Waals surface area contributed by atoms with Gasteiger partial charge in [-0.1, -0.05) is 0 Å². The summed E-state index contributed by atoms with van der Waals surface area (Å²) >= 11 is 0. The Morgan fingerprint density at radius 1 is 1.02 bits per heavy atom. The van der Waals surface area contributed by atoms with Crippen molar-refractivity contribution >= 4 is 23.2 Å². The number of carbonyl (C=O) groups is 1. The van der Waals surface area contributed by atoms with Gasteiger partial charge in [-0.2, -0.15) is 13.2 Å². The van der Waals surface area contributed by atoms with E-state index in [0.29, 0.717) is 42.9 Å². The van der Waals surface area contributed by atoms with E-state index in [9.17, 15) is 22.8 Å². The molecular weight excluding hydrogens is 556 g/mol. The van der Waals surface area contributed by atoms with Gasteiger partial charge in [-0.3, -0.25) is 9.59 Å². The first kappa shape index (κ1) is 29.5. The molecule has 5 rings (SSSR count). The number of amides is 1. The third-order valence-corrected chi connectivity index (χ3v) is 7.76. The molecule has 0 aliphatic carbocycles. The molecule has 2 aliphatic heterocycles. The summed E-state index contributed by atoms with van der Waals surface area (Å²) in [7, 11) is 3.23. The number of hydrogen-bond acceptors (Lipinski definition) is 8. The van der Waals surface area contributed by atoms with Gasteiger partial charge >= 0.3 is 6.18 Å². The molecule has 2 aliphatic rings. The quantitative estimate of drug-likeness (QED) is 0.440. The molecule has 14 heteroatoms. The first-order chi connectivity index (χ1) is 19.9. The zero-order chi connectivity index (χ0) is 30.2. The molecule has 2 saturated heterocycles. The zero-order valence-corrected chi connectivity index (χ0v) is 23.5. The number of alkyl halides is 3. The average Bonchev–Trinajstić information content (AvgIpc) is 2.96. The maximum Gasteiger partial charge on any atom is 0.417 e. The van der Waals surface area contributed by atoms with Gasteiger partial charge in [-0.15, -0.1) is 0 Å². The smallest absolute Gasteiger partial charge is 0.367 e.